The summed E-state index contributed by atoms with van der Waals surface area (Å²) in [6.07, 6.45) is -0.0175. The molecule has 0 bridgehead atoms. The summed E-state index contributed by atoms with van der Waals surface area (Å²) in [6, 6.07) is 12.0. The molecule has 1 N–H and O–H groups in total. The first kappa shape index (κ1) is 18.6. The van der Waals surface area contributed by atoms with Gasteiger partial charge in [-0.25, -0.2) is 4.39 Å². The number of rotatable bonds is 6. The van der Waals surface area contributed by atoms with Crippen molar-refractivity contribution >= 4 is 17.5 Å². The topological polar surface area (TPSA) is 49.4 Å². The van der Waals surface area contributed by atoms with Gasteiger partial charge in [0.1, 0.15) is 5.82 Å². The SMILES string of the molecule is CC(=O)N(CCNC(=O)Cc1ccccc1F)c1ccc(C)c(C)c1. The molecule has 2 aromatic rings. The van der Waals surface area contributed by atoms with Gasteiger partial charge in [0.2, 0.25) is 11.8 Å². The molecule has 0 fully saturated rings. The Morgan fingerprint density at radius 2 is 1.80 bits per heavy atom. The molecule has 0 aliphatic carbocycles. The molecule has 132 valence electrons. The Balaban J connectivity index is 1.93. The molecule has 0 aliphatic heterocycles. The number of nitrogens with one attached hydrogen (secondary N) is 1. The summed E-state index contributed by atoms with van der Waals surface area (Å²) in [5.74, 6) is -0.751. The van der Waals surface area contributed by atoms with Crippen LogP contribution in [0.25, 0.3) is 0 Å². The molecule has 2 amide bonds. The smallest absolute Gasteiger partial charge is 0.224 e. The molecule has 0 atom stereocenters. The normalized spacial score (nSPS) is 10.4. The highest BCUT2D eigenvalue weighted by Gasteiger charge is 2.13. The van der Waals surface area contributed by atoms with Gasteiger partial charge in [0.25, 0.3) is 0 Å². The molecule has 5 heteroatoms. The van der Waals surface area contributed by atoms with Gasteiger partial charge in [0, 0.05) is 25.7 Å². The highest BCUT2D eigenvalue weighted by Crippen LogP contribution is 2.18. The number of nitrogens with zero attached hydrogens (tertiary/aromatic N) is 1. The van der Waals surface area contributed by atoms with Crippen LogP contribution in [0.3, 0.4) is 0 Å². The van der Waals surface area contributed by atoms with Gasteiger partial charge in [-0.3, -0.25) is 9.59 Å². The molecule has 0 saturated carbocycles. The van der Waals surface area contributed by atoms with Gasteiger partial charge in [-0.2, -0.15) is 0 Å². The van der Waals surface area contributed by atoms with Crippen molar-refractivity contribution in [2.24, 2.45) is 0 Å². The summed E-state index contributed by atoms with van der Waals surface area (Å²) in [5.41, 5.74) is 3.43. The third-order valence-electron chi connectivity index (χ3n) is 4.15. The van der Waals surface area contributed by atoms with E-state index >= 15 is 0 Å². The number of amides is 2. The van der Waals surface area contributed by atoms with E-state index in [0.717, 1.165) is 16.8 Å². The molecule has 0 spiro atoms. The Kier molecular flexibility index (Phi) is 6.28. The van der Waals surface area contributed by atoms with Crippen LogP contribution >= 0.6 is 0 Å². The van der Waals surface area contributed by atoms with Crippen molar-refractivity contribution in [3.05, 3.63) is 65.0 Å². The van der Waals surface area contributed by atoms with E-state index in [1.807, 2.05) is 32.0 Å². The van der Waals surface area contributed by atoms with Crippen LogP contribution in [0.15, 0.2) is 42.5 Å². The first-order valence-electron chi connectivity index (χ1n) is 8.24. The Labute approximate surface area is 147 Å². The lowest BCUT2D eigenvalue weighted by Gasteiger charge is -2.22. The van der Waals surface area contributed by atoms with Crippen LogP contribution in [-0.2, 0) is 16.0 Å². The zero-order valence-electron chi connectivity index (χ0n) is 14.8. The van der Waals surface area contributed by atoms with Crippen LogP contribution in [0, 0.1) is 19.7 Å². The van der Waals surface area contributed by atoms with E-state index in [2.05, 4.69) is 5.32 Å². The van der Waals surface area contributed by atoms with Crippen LogP contribution in [0.5, 0.6) is 0 Å². The summed E-state index contributed by atoms with van der Waals surface area (Å²) in [4.78, 5) is 25.5. The fraction of sp³-hybridized carbons (Fsp3) is 0.300. The Hall–Kier alpha value is -2.69. The lowest BCUT2D eigenvalue weighted by Crippen LogP contribution is -2.38. The standard InChI is InChI=1S/C20H23FN2O2/c1-14-8-9-18(12-15(14)2)23(16(3)24)11-10-22-20(25)13-17-6-4-5-7-19(17)21/h4-9,12H,10-11,13H2,1-3H3,(H,22,25). The molecule has 0 aromatic heterocycles. The molecular weight excluding hydrogens is 319 g/mol. The second kappa shape index (κ2) is 8.42. The van der Waals surface area contributed by atoms with Crippen molar-refractivity contribution < 1.29 is 14.0 Å². The second-order valence-corrected chi connectivity index (χ2v) is 6.06. The molecule has 0 unspecified atom stereocenters. The second-order valence-electron chi connectivity index (χ2n) is 6.06. The van der Waals surface area contributed by atoms with Crippen LogP contribution in [0.2, 0.25) is 0 Å². The Morgan fingerprint density at radius 1 is 1.08 bits per heavy atom. The fourth-order valence-corrected chi connectivity index (χ4v) is 2.55. The molecule has 2 rings (SSSR count). The van der Waals surface area contributed by atoms with E-state index in [0.29, 0.717) is 18.7 Å². The maximum absolute atomic E-state index is 13.6. The Bertz CT molecular complexity index is 774. The van der Waals surface area contributed by atoms with Gasteiger partial charge in [-0.05, 0) is 48.7 Å². The predicted octanol–water partition coefficient (Wildman–Crippen LogP) is 3.15. The maximum atomic E-state index is 13.6. The number of hydrogen-bond donors (Lipinski definition) is 1. The minimum Gasteiger partial charge on any atom is -0.354 e. The molecule has 0 radical (unpaired) electrons. The number of anilines is 1. The highest BCUT2D eigenvalue weighted by molar-refractivity contribution is 5.91. The first-order valence-corrected chi connectivity index (χ1v) is 8.24. The van der Waals surface area contributed by atoms with Gasteiger partial charge in [-0.1, -0.05) is 24.3 Å². The van der Waals surface area contributed by atoms with Crippen molar-refractivity contribution in [1.82, 2.24) is 5.32 Å². The van der Waals surface area contributed by atoms with Crippen molar-refractivity contribution in [2.75, 3.05) is 18.0 Å². The number of benzene rings is 2. The summed E-state index contributed by atoms with van der Waals surface area (Å²) >= 11 is 0. The number of aryl methyl sites for hydroxylation is 2. The van der Waals surface area contributed by atoms with Crippen molar-refractivity contribution in [2.45, 2.75) is 27.2 Å². The highest BCUT2D eigenvalue weighted by atomic mass is 19.1. The van der Waals surface area contributed by atoms with Crippen molar-refractivity contribution in [3.8, 4) is 0 Å². The Morgan fingerprint density at radius 3 is 2.44 bits per heavy atom. The van der Waals surface area contributed by atoms with Crippen LogP contribution in [0.1, 0.15) is 23.6 Å². The quantitative estimate of drug-likeness (QED) is 0.877. The average Bonchev–Trinajstić information content (AvgIpc) is 2.56. The molecule has 2 aromatic carbocycles. The third kappa shape index (κ3) is 5.14. The number of hydrogen-bond acceptors (Lipinski definition) is 2. The summed E-state index contributed by atoms with van der Waals surface area (Å²) in [7, 11) is 0. The lowest BCUT2D eigenvalue weighted by atomic mass is 10.1. The number of carbonyl (C=O) groups is 2. The molecule has 25 heavy (non-hydrogen) atoms. The molecule has 0 saturated heterocycles. The average molecular weight is 342 g/mol. The van der Waals surface area contributed by atoms with Gasteiger partial charge in [0.15, 0.2) is 0 Å². The van der Waals surface area contributed by atoms with Crippen LogP contribution in [-0.4, -0.2) is 24.9 Å². The third-order valence-corrected chi connectivity index (χ3v) is 4.15. The minimum absolute atomic E-state index is 0.0175. The van der Waals surface area contributed by atoms with E-state index < -0.39 is 5.82 Å². The van der Waals surface area contributed by atoms with Crippen LogP contribution < -0.4 is 10.2 Å². The van der Waals surface area contributed by atoms with Gasteiger partial charge in [-0.15, -0.1) is 0 Å². The van der Waals surface area contributed by atoms with E-state index in [9.17, 15) is 14.0 Å². The molecule has 0 heterocycles. The molecule has 0 aliphatic rings. The summed E-state index contributed by atoms with van der Waals surface area (Å²) < 4.78 is 13.6. The predicted molar refractivity (Wildman–Crippen MR) is 97.1 cm³/mol. The molecule has 4 nitrogen and oxygen atoms in total. The van der Waals surface area contributed by atoms with E-state index in [1.54, 1.807) is 23.1 Å². The largest absolute Gasteiger partial charge is 0.354 e. The summed E-state index contributed by atoms with van der Waals surface area (Å²) in [6.45, 7) is 6.17. The fourth-order valence-electron chi connectivity index (χ4n) is 2.55. The zero-order valence-corrected chi connectivity index (χ0v) is 14.8. The van der Waals surface area contributed by atoms with Crippen LogP contribution in [0.4, 0.5) is 10.1 Å². The van der Waals surface area contributed by atoms with Gasteiger partial charge < -0.3 is 10.2 Å². The minimum atomic E-state index is -0.391. The van der Waals surface area contributed by atoms with Gasteiger partial charge >= 0.3 is 0 Å². The van der Waals surface area contributed by atoms with Crippen molar-refractivity contribution in [1.29, 1.82) is 0 Å². The summed E-state index contributed by atoms with van der Waals surface area (Å²) in [5, 5.41) is 2.74. The van der Waals surface area contributed by atoms with E-state index in [-0.39, 0.29) is 18.2 Å². The molecular formula is C20H23FN2O2. The first-order chi connectivity index (χ1) is 11.9. The van der Waals surface area contributed by atoms with E-state index in [4.69, 9.17) is 0 Å². The lowest BCUT2D eigenvalue weighted by molar-refractivity contribution is -0.121. The van der Waals surface area contributed by atoms with Crippen molar-refractivity contribution in [3.63, 3.8) is 0 Å². The maximum Gasteiger partial charge on any atom is 0.224 e. The van der Waals surface area contributed by atoms with Gasteiger partial charge in [0.05, 0.1) is 6.42 Å². The van der Waals surface area contributed by atoms with E-state index in [1.165, 1.54) is 13.0 Å². The monoisotopic (exact) mass is 342 g/mol. The number of halogens is 1. The zero-order chi connectivity index (χ0) is 18.4. The number of carbonyl (C=O) groups excluding carboxylic acids is 2.